The Hall–Kier alpha value is -4.96. The van der Waals surface area contributed by atoms with Crippen LogP contribution in [0.1, 0.15) is 5.56 Å². The molecule has 2 aromatic carbocycles. The number of carbonyl (C=O) groups is 1. The summed E-state index contributed by atoms with van der Waals surface area (Å²) in [5.41, 5.74) is 7.38. The molecular weight excluding hydrogens is 495 g/mol. The zero-order chi connectivity index (χ0) is 27.1. The van der Waals surface area contributed by atoms with Crippen LogP contribution in [0.2, 0.25) is 0 Å². The number of hydrogen-bond acceptors (Lipinski definition) is 6. The lowest BCUT2D eigenvalue weighted by atomic mass is 10.0. The predicted molar refractivity (Wildman–Crippen MR) is 150 cm³/mol. The van der Waals surface area contributed by atoms with Gasteiger partial charge in [0.1, 0.15) is 11.5 Å². The van der Waals surface area contributed by atoms with Crippen LogP contribution in [-0.4, -0.2) is 61.6 Å². The molecule has 9 nitrogen and oxygen atoms in total. The standard InChI is InChI=1S/C29H25FN8O/c1-16-7-17(9-19(30)8-16)21-5-4-6-23-27(21)35-29(34-23)28-22-11-24(32-14-25(22)36-37-28)18-10-20(13-31-12-18)33-26(39)15-38(2)3/h4-14H,15H2,1-3H3,(H,33,39)(H,34,35)(H,36,37). The first-order chi connectivity index (χ1) is 18.8. The second-order valence-corrected chi connectivity index (χ2v) is 9.74. The van der Waals surface area contributed by atoms with Crippen molar-refractivity contribution in [3.05, 3.63) is 78.5 Å². The lowest BCUT2D eigenvalue weighted by Crippen LogP contribution is -2.27. The molecule has 0 aliphatic carbocycles. The number of halogens is 1. The van der Waals surface area contributed by atoms with Gasteiger partial charge in [-0.1, -0.05) is 18.2 Å². The van der Waals surface area contributed by atoms with Crippen LogP contribution in [0.5, 0.6) is 0 Å². The lowest BCUT2D eigenvalue weighted by Gasteiger charge is -2.10. The average Bonchev–Trinajstić information content (AvgIpc) is 3.51. The zero-order valence-corrected chi connectivity index (χ0v) is 21.6. The van der Waals surface area contributed by atoms with Gasteiger partial charge >= 0.3 is 0 Å². The third-order valence-electron chi connectivity index (χ3n) is 6.31. The van der Waals surface area contributed by atoms with E-state index in [1.807, 2.05) is 57.4 Å². The van der Waals surface area contributed by atoms with E-state index < -0.39 is 0 Å². The molecule has 10 heteroatoms. The van der Waals surface area contributed by atoms with Gasteiger partial charge in [0, 0.05) is 22.7 Å². The molecule has 0 saturated carbocycles. The second kappa shape index (κ2) is 9.73. The van der Waals surface area contributed by atoms with E-state index in [0.29, 0.717) is 22.9 Å². The molecule has 39 heavy (non-hydrogen) atoms. The minimum Gasteiger partial charge on any atom is -0.337 e. The molecule has 0 aliphatic rings. The predicted octanol–water partition coefficient (Wildman–Crippen LogP) is 5.18. The highest BCUT2D eigenvalue weighted by Crippen LogP contribution is 2.33. The maximum absolute atomic E-state index is 14.2. The van der Waals surface area contributed by atoms with E-state index in [1.165, 1.54) is 12.1 Å². The first kappa shape index (κ1) is 24.4. The van der Waals surface area contributed by atoms with Gasteiger partial charge in [-0.25, -0.2) is 9.37 Å². The lowest BCUT2D eigenvalue weighted by molar-refractivity contribution is -0.116. The summed E-state index contributed by atoms with van der Waals surface area (Å²) in [5, 5.41) is 11.2. The Morgan fingerprint density at radius 1 is 1.03 bits per heavy atom. The van der Waals surface area contributed by atoms with Crippen molar-refractivity contribution in [2.24, 2.45) is 0 Å². The number of imidazole rings is 1. The van der Waals surface area contributed by atoms with Crippen molar-refractivity contribution < 1.29 is 9.18 Å². The topological polar surface area (TPSA) is 115 Å². The van der Waals surface area contributed by atoms with Gasteiger partial charge in [0.05, 0.1) is 46.9 Å². The minimum absolute atomic E-state index is 0.128. The number of aromatic nitrogens is 6. The number of pyridine rings is 2. The number of H-pyrrole nitrogens is 2. The Morgan fingerprint density at radius 3 is 2.72 bits per heavy atom. The highest BCUT2D eigenvalue weighted by molar-refractivity contribution is 5.98. The number of nitrogens with one attached hydrogen (secondary N) is 3. The molecule has 0 saturated heterocycles. The van der Waals surface area contributed by atoms with Crippen LogP contribution in [0.25, 0.3) is 55.8 Å². The monoisotopic (exact) mass is 520 g/mol. The van der Waals surface area contributed by atoms with Crippen LogP contribution in [-0.2, 0) is 4.79 Å². The molecular formula is C29H25FN8O. The molecule has 6 rings (SSSR count). The number of hydrogen-bond donors (Lipinski definition) is 3. The van der Waals surface area contributed by atoms with E-state index in [-0.39, 0.29) is 18.3 Å². The number of anilines is 1. The van der Waals surface area contributed by atoms with E-state index in [9.17, 15) is 9.18 Å². The fourth-order valence-electron chi connectivity index (χ4n) is 4.66. The molecule has 3 N–H and O–H groups in total. The van der Waals surface area contributed by atoms with E-state index in [2.05, 4.69) is 30.5 Å². The summed E-state index contributed by atoms with van der Waals surface area (Å²) in [4.78, 5) is 31.1. The summed E-state index contributed by atoms with van der Waals surface area (Å²) in [7, 11) is 3.67. The SMILES string of the molecule is Cc1cc(F)cc(-c2cccc3[nH]c(-c4n[nH]c5cnc(-c6cncc(NC(=O)CN(C)C)c6)cc45)nc23)c1. The van der Waals surface area contributed by atoms with Crippen molar-refractivity contribution >= 4 is 33.5 Å². The van der Waals surface area contributed by atoms with E-state index in [4.69, 9.17) is 4.98 Å². The van der Waals surface area contributed by atoms with Gasteiger partial charge in [0.15, 0.2) is 5.82 Å². The van der Waals surface area contributed by atoms with Gasteiger partial charge in [0.25, 0.3) is 0 Å². The second-order valence-electron chi connectivity index (χ2n) is 9.74. The number of amides is 1. The van der Waals surface area contributed by atoms with Gasteiger partial charge < -0.3 is 15.2 Å². The molecule has 4 aromatic heterocycles. The number of carbonyl (C=O) groups excluding carboxylic acids is 1. The van der Waals surface area contributed by atoms with Gasteiger partial charge in [0.2, 0.25) is 5.91 Å². The number of aromatic amines is 2. The van der Waals surface area contributed by atoms with E-state index in [1.54, 1.807) is 23.5 Å². The largest absolute Gasteiger partial charge is 0.337 e. The summed E-state index contributed by atoms with van der Waals surface area (Å²) >= 11 is 0. The van der Waals surface area contributed by atoms with Crippen LogP contribution >= 0.6 is 0 Å². The van der Waals surface area contributed by atoms with Crippen LogP contribution in [0.4, 0.5) is 10.1 Å². The molecule has 1 amide bonds. The fraction of sp³-hybridized carbons (Fsp3) is 0.138. The molecule has 0 unspecified atom stereocenters. The maximum atomic E-state index is 14.2. The number of fused-ring (bicyclic) bond motifs is 2. The smallest absolute Gasteiger partial charge is 0.238 e. The van der Waals surface area contributed by atoms with Crippen LogP contribution < -0.4 is 5.32 Å². The molecule has 0 bridgehead atoms. The van der Waals surface area contributed by atoms with Crippen LogP contribution in [0.3, 0.4) is 0 Å². The molecule has 6 aromatic rings. The Bertz CT molecular complexity index is 1840. The Labute approximate surface area is 223 Å². The highest BCUT2D eigenvalue weighted by atomic mass is 19.1. The third kappa shape index (κ3) is 4.85. The summed E-state index contributed by atoms with van der Waals surface area (Å²) in [5.74, 6) is 0.167. The van der Waals surface area contributed by atoms with Crippen molar-refractivity contribution in [1.82, 2.24) is 35.0 Å². The van der Waals surface area contributed by atoms with Gasteiger partial charge in [-0.05, 0) is 62.5 Å². The van der Waals surface area contributed by atoms with Crippen molar-refractivity contribution in [1.29, 1.82) is 0 Å². The number of para-hydroxylation sites is 1. The number of benzene rings is 2. The molecule has 0 fully saturated rings. The summed E-state index contributed by atoms with van der Waals surface area (Å²) in [6, 6.07) is 14.5. The zero-order valence-electron chi connectivity index (χ0n) is 21.6. The number of aryl methyl sites for hydroxylation is 1. The molecule has 0 atom stereocenters. The van der Waals surface area contributed by atoms with E-state index in [0.717, 1.165) is 44.2 Å². The first-order valence-corrected chi connectivity index (χ1v) is 12.3. The summed E-state index contributed by atoms with van der Waals surface area (Å²) in [6.07, 6.45) is 5.01. The van der Waals surface area contributed by atoms with Gasteiger partial charge in [-0.3, -0.25) is 19.9 Å². The number of rotatable bonds is 6. The minimum atomic E-state index is -0.285. The fourth-order valence-corrected chi connectivity index (χ4v) is 4.66. The average molecular weight is 521 g/mol. The first-order valence-electron chi connectivity index (χ1n) is 12.3. The van der Waals surface area contributed by atoms with Crippen molar-refractivity contribution in [3.8, 4) is 33.9 Å². The number of nitrogens with zero attached hydrogens (tertiary/aromatic N) is 5. The molecule has 194 valence electrons. The Kier molecular flexibility index (Phi) is 6.08. The maximum Gasteiger partial charge on any atom is 0.238 e. The summed E-state index contributed by atoms with van der Waals surface area (Å²) < 4.78 is 14.2. The van der Waals surface area contributed by atoms with Crippen molar-refractivity contribution in [3.63, 3.8) is 0 Å². The van der Waals surface area contributed by atoms with Crippen molar-refractivity contribution in [2.45, 2.75) is 6.92 Å². The third-order valence-corrected chi connectivity index (χ3v) is 6.31. The molecule has 0 radical (unpaired) electrons. The molecule has 4 heterocycles. The molecule has 0 aliphatic heterocycles. The normalized spacial score (nSPS) is 11.5. The van der Waals surface area contributed by atoms with Gasteiger partial charge in [-0.15, -0.1) is 0 Å². The molecule has 0 spiro atoms. The highest BCUT2D eigenvalue weighted by Gasteiger charge is 2.17. The number of likely N-dealkylation sites (N-methyl/N-ethyl adjacent to an activating group) is 1. The quantitative estimate of drug-likeness (QED) is 0.279. The van der Waals surface area contributed by atoms with Crippen LogP contribution in [0, 0.1) is 12.7 Å². The summed E-state index contributed by atoms with van der Waals surface area (Å²) in [6.45, 7) is 2.14. The van der Waals surface area contributed by atoms with Crippen molar-refractivity contribution in [2.75, 3.05) is 26.0 Å². The van der Waals surface area contributed by atoms with Crippen LogP contribution in [0.15, 0.2) is 67.1 Å². The van der Waals surface area contributed by atoms with Gasteiger partial charge in [-0.2, -0.15) is 5.10 Å². The Morgan fingerprint density at radius 2 is 1.90 bits per heavy atom. The van der Waals surface area contributed by atoms with E-state index >= 15 is 0 Å². The Balaban J connectivity index is 1.39.